The van der Waals surface area contributed by atoms with Crippen LogP contribution in [0.25, 0.3) is 0 Å². The van der Waals surface area contributed by atoms with Crippen LogP contribution in [0.2, 0.25) is 0 Å². The minimum Gasteiger partial charge on any atom is -0.315 e. The van der Waals surface area contributed by atoms with Gasteiger partial charge in [-0.2, -0.15) is 10.6 Å². The van der Waals surface area contributed by atoms with Crippen LogP contribution in [0.15, 0.2) is 29.4 Å². The van der Waals surface area contributed by atoms with Gasteiger partial charge in [-0.1, -0.05) is 18.2 Å². The zero-order chi connectivity index (χ0) is 11.8. The molecule has 1 amide bonds. The maximum Gasteiger partial charge on any atom is 0.270 e. The molecule has 1 radical (unpaired) electrons. The van der Waals surface area contributed by atoms with E-state index < -0.39 is 5.54 Å². The van der Waals surface area contributed by atoms with E-state index in [1.165, 1.54) is 5.01 Å². The average Bonchev–Trinajstić information content (AvgIpc) is 2.56. The first-order valence-corrected chi connectivity index (χ1v) is 4.84. The summed E-state index contributed by atoms with van der Waals surface area (Å²) in [5, 5.41) is 14.5. The zero-order valence-electron chi connectivity index (χ0n) is 9.06. The Balaban J connectivity index is 2.49. The van der Waals surface area contributed by atoms with Crippen molar-refractivity contribution in [2.75, 3.05) is 7.05 Å². The Labute approximate surface area is 93.3 Å². The summed E-state index contributed by atoms with van der Waals surface area (Å²) in [6.07, 6.45) is 0. The van der Waals surface area contributed by atoms with Crippen LogP contribution in [0.1, 0.15) is 12.5 Å². The second-order valence-corrected chi connectivity index (χ2v) is 3.81. The number of likely N-dealkylation sites (N-methyl/N-ethyl adjacent to an activating group) is 1. The Hall–Kier alpha value is -1.72. The van der Waals surface area contributed by atoms with Crippen molar-refractivity contribution < 1.29 is 10.0 Å². The number of amides is 1. The topological polar surface area (TPSA) is 64.9 Å². The van der Waals surface area contributed by atoms with Gasteiger partial charge < -0.3 is 5.21 Å². The number of carbonyl (C=O) groups is 1. The number of nitrogens with zero attached hydrogens (tertiary/aromatic N) is 2. The largest absolute Gasteiger partial charge is 0.315 e. The van der Waals surface area contributed by atoms with E-state index in [1.54, 1.807) is 32.2 Å². The van der Waals surface area contributed by atoms with Crippen LogP contribution in [0.4, 0.5) is 0 Å². The van der Waals surface area contributed by atoms with E-state index in [4.69, 9.17) is 5.21 Å². The van der Waals surface area contributed by atoms with Crippen molar-refractivity contribution in [1.82, 2.24) is 10.5 Å². The van der Waals surface area contributed by atoms with Gasteiger partial charge in [-0.15, -0.1) is 0 Å². The zero-order valence-corrected chi connectivity index (χ0v) is 9.06. The molecule has 5 nitrogen and oxygen atoms in total. The van der Waals surface area contributed by atoms with Gasteiger partial charge >= 0.3 is 0 Å². The molecule has 0 fully saturated rings. The number of hydrazone groups is 1. The number of nitrogens with one attached hydrogen (secondary N) is 1. The van der Waals surface area contributed by atoms with Crippen molar-refractivity contribution in [1.29, 1.82) is 0 Å². The van der Waals surface area contributed by atoms with Gasteiger partial charge in [0.2, 0.25) is 0 Å². The number of benzene rings is 1. The summed E-state index contributed by atoms with van der Waals surface area (Å²) < 4.78 is 0. The summed E-state index contributed by atoms with van der Waals surface area (Å²) >= 11 is 0. The van der Waals surface area contributed by atoms with E-state index in [0.717, 1.165) is 5.56 Å². The monoisotopic (exact) mass is 218 g/mol. The molecule has 0 aliphatic carbocycles. The van der Waals surface area contributed by atoms with E-state index in [1.807, 2.05) is 11.5 Å². The second kappa shape index (κ2) is 3.70. The third kappa shape index (κ3) is 1.41. The fraction of sp³-hybridized carbons (Fsp3) is 0.273. The predicted molar refractivity (Wildman–Crippen MR) is 57.9 cm³/mol. The standard InChI is InChI=1S/C11H12N3O2/c1-11(13-16)9(12-14(2)10(11)15)8-6-4-3-5-7-8/h3-4,6-7,13,16H,1-2H3. The SMILES string of the molecule is CN1N=C(c2c[c]ccc2)C(C)(NO)C1=O. The molecule has 1 aliphatic heterocycles. The van der Waals surface area contributed by atoms with Crippen molar-refractivity contribution in [2.45, 2.75) is 12.5 Å². The highest BCUT2D eigenvalue weighted by molar-refractivity contribution is 6.22. The first-order chi connectivity index (χ1) is 7.59. The molecule has 0 saturated carbocycles. The van der Waals surface area contributed by atoms with Crippen molar-refractivity contribution in [3.05, 3.63) is 35.9 Å². The Kier molecular flexibility index (Phi) is 2.49. The minimum atomic E-state index is -1.19. The molecule has 1 aromatic rings. The number of hydrogen-bond donors (Lipinski definition) is 2. The predicted octanol–water partition coefficient (Wildman–Crippen LogP) is 0.400. The van der Waals surface area contributed by atoms with Crippen LogP contribution < -0.4 is 5.48 Å². The van der Waals surface area contributed by atoms with Gasteiger partial charge in [-0.3, -0.25) is 4.79 Å². The Bertz CT molecular complexity index is 444. The lowest BCUT2D eigenvalue weighted by atomic mass is 9.91. The third-order valence-corrected chi connectivity index (χ3v) is 2.65. The van der Waals surface area contributed by atoms with E-state index in [0.29, 0.717) is 5.71 Å². The number of hydrogen-bond acceptors (Lipinski definition) is 4. The second-order valence-electron chi connectivity index (χ2n) is 3.81. The first-order valence-electron chi connectivity index (χ1n) is 4.84. The highest BCUT2D eigenvalue weighted by Gasteiger charge is 2.46. The summed E-state index contributed by atoms with van der Waals surface area (Å²) in [7, 11) is 1.55. The fourth-order valence-corrected chi connectivity index (χ4v) is 1.71. The quantitative estimate of drug-likeness (QED) is 0.706. The Morgan fingerprint density at radius 2 is 2.38 bits per heavy atom. The molecule has 16 heavy (non-hydrogen) atoms. The maximum atomic E-state index is 11.8. The lowest BCUT2D eigenvalue weighted by molar-refractivity contribution is -0.134. The maximum absolute atomic E-state index is 11.8. The van der Waals surface area contributed by atoms with Gasteiger partial charge in [0.15, 0.2) is 5.54 Å². The van der Waals surface area contributed by atoms with Crippen LogP contribution >= 0.6 is 0 Å². The fourth-order valence-electron chi connectivity index (χ4n) is 1.71. The molecule has 0 spiro atoms. The molecule has 1 unspecified atom stereocenters. The Morgan fingerprint density at radius 1 is 1.62 bits per heavy atom. The summed E-state index contributed by atoms with van der Waals surface area (Å²) in [5.41, 5.74) is 2.08. The van der Waals surface area contributed by atoms with Gasteiger partial charge in [-0.25, -0.2) is 5.01 Å². The van der Waals surface area contributed by atoms with Crippen LogP contribution in [0.3, 0.4) is 0 Å². The minimum absolute atomic E-state index is 0.297. The summed E-state index contributed by atoms with van der Waals surface area (Å²) in [5.74, 6) is -0.297. The number of carbonyl (C=O) groups excluding carboxylic acids is 1. The first kappa shape index (κ1) is 10.8. The molecule has 1 aliphatic rings. The van der Waals surface area contributed by atoms with E-state index >= 15 is 0 Å². The van der Waals surface area contributed by atoms with Gasteiger partial charge in [0, 0.05) is 12.6 Å². The molecular formula is C11H12N3O2. The average molecular weight is 218 g/mol. The normalized spacial score (nSPS) is 24.8. The highest BCUT2D eigenvalue weighted by Crippen LogP contribution is 2.23. The molecule has 0 saturated heterocycles. The van der Waals surface area contributed by atoms with Crippen LogP contribution in [0, 0.1) is 6.07 Å². The van der Waals surface area contributed by atoms with E-state index in [9.17, 15) is 4.79 Å². The third-order valence-electron chi connectivity index (χ3n) is 2.65. The molecule has 1 atom stereocenters. The molecular weight excluding hydrogens is 206 g/mol. The van der Waals surface area contributed by atoms with Gasteiger partial charge in [0.05, 0.1) is 5.71 Å². The molecule has 2 rings (SSSR count). The molecule has 0 aromatic heterocycles. The molecule has 83 valence electrons. The van der Waals surface area contributed by atoms with Crippen molar-refractivity contribution in [3.8, 4) is 0 Å². The number of rotatable bonds is 2. The van der Waals surface area contributed by atoms with Gasteiger partial charge in [-0.05, 0) is 19.1 Å². The Morgan fingerprint density at radius 3 is 2.94 bits per heavy atom. The summed E-state index contributed by atoms with van der Waals surface area (Å²) in [6.45, 7) is 1.59. The van der Waals surface area contributed by atoms with Crippen molar-refractivity contribution in [3.63, 3.8) is 0 Å². The van der Waals surface area contributed by atoms with Gasteiger partial charge in [0.25, 0.3) is 5.91 Å². The van der Waals surface area contributed by atoms with Gasteiger partial charge in [0.1, 0.15) is 0 Å². The van der Waals surface area contributed by atoms with E-state index in [-0.39, 0.29) is 5.91 Å². The molecule has 1 aromatic carbocycles. The summed E-state index contributed by atoms with van der Waals surface area (Å²) in [6, 6.07) is 10.0. The smallest absolute Gasteiger partial charge is 0.270 e. The van der Waals surface area contributed by atoms with Crippen LogP contribution in [-0.2, 0) is 4.79 Å². The lowest BCUT2D eigenvalue weighted by Gasteiger charge is -2.21. The van der Waals surface area contributed by atoms with Crippen molar-refractivity contribution >= 4 is 11.6 Å². The van der Waals surface area contributed by atoms with Crippen LogP contribution in [0.5, 0.6) is 0 Å². The molecule has 2 N–H and O–H groups in total. The van der Waals surface area contributed by atoms with Crippen molar-refractivity contribution in [2.24, 2.45) is 5.10 Å². The molecule has 5 heteroatoms. The summed E-state index contributed by atoms with van der Waals surface area (Å²) in [4.78, 5) is 11.8. The van der Waals surface area contributed by atoms with Crippen LogP contribution in [-0.4, -0.2) is 34.4 Å². The lowest BCUT2D eigenvalue weighted by Crippen LogP contribution is -2.53. The molecule has 0 bridgehead atoms. The molecule has 1 heterocycles. The highest BCUT2D eigenvalue weighted by atomic mass is 16.5. The number of hydroxylamine groups is 1. The van der Waals surface area contributed by atoms with E-state index in [2.05, 4.69) is 11.2 Å².